The van der Waals surface area contributed by atoms with Crippen molar-refractivity contribution in [2.45, 2.75) is 20.3 Å². The monoisotopic (exact) mass is 417 g/mol. The normalized spacial score (nSPS) is 14.7. The van der Waals surface area contributed by atoms with E-state index in [0.717, 1.165) is 49.0 Å². The third-order valence-electron chi connectivity index (χ3n) is 4.83. The Morgan fingerprint density at radius 3 is 2.54 bits per heavy atom. The fraction of sp³-hybridized carbons (Fsp3) is 0.429. The van der Waals surface area contributed by atoms with Crippen molar-refractivity contribution in [1.29, 1.82) is 0 Å². The van der Waals surface area contributed by atoms with Crippen LogP contribution in [0, 0.1) is 0 Å². The number of hydrogen-bond donors (Lipinski definition) is 1. The summed E-state index contributed by atoms with van der Waals surface area (Å²) in [5, 5.41) is 4.76. The van der Waals surface area contributed by atoms with Gasteiger partial charge in [-0.15, -0.1) is 11.3 Å². The molecule has 0 spiro atoms. The lowest BCUT2D eigenvalue weighted by molar-refractivity contribution is 0.0528. The number of thiophene rings is 1. The van der Waals surface area contributed by atoms with Crippen molar-refractivity contribution in [1.82, 2.24) is 9.80 Å². The summed E-state index contributed by atoms with van der Waals surface area (Å²) in [6.07, 6.45) is 0.779. The standard InChI is InChI=1S/C21H27N3O2S2/c1-3-23-10-12-24(13-11-23)21(27)22-19-18(20(25)26-4-2)15-17(28-19)14-16-8-6-5-7-9-16/h5-9,15H,3-4,10-14H2,1-2H3,(H,22,27). The molecule has 28 heavy (non-hydrogen) atoms. The molecule has 0 atom stereocenters. The highest BCUT2D eigenvalue weighted by molar-refractivity contribution is 7.80. The predicted octanol–water partition coefficient (Wildman–Crippen LogP) is 3.85. The Hall–Kier alpha value is -1.96. The second-order valence-corrected chi connectivity index (χ2v) is 8.21. The van der Waals surface area contributed by atoms with Crippen molar-refractivity contribution >= 4 is 39.6 Å². The van der Waals surface area contributed by atoms with Crippen LogP contribution < -0.4 is 5.32 Å². The number of rotatable bonds is 6. The number of hydrogen-bond acceptors (Lipinski definition) is 5. The molecule has 0 bridgehead atoms. The smallest absolute Gasteiger partial charge is 0.341 e. The van der Waals surface area contributed by atoms with E-state index in [-0.39, 0.29) is 5.97 Å². The number of carbonyl (C=O) groups excluding carboxylic acids is 1. The van der Waals surface area contributed by atoms with Gasteiger partial charge in [0.25, 0.3) is 0 Å². The summed E-state index contributed by atoms with van der Waals surface area (Å²) in [6, 6.07) is 12.2. The predicted molar refractivity (Wildman–Crippen MR) is 119 cm³/mol. The molecular weight excluding hydrogens is 390 g/mol. The minimum Gasteiger partial charge on any atom is -0.462 e. The fourth-order valence-corrected chi connectivity index (χ4v) is 4.65. The molecular formula is C21H27N3O2S2. The Morgan fingerprint density at radius 1 is 1.18 bits per heavy atom. The van der Waals surface area contributed by atoms with Crippen molar-refractivity contribution < 1.29 is 9.53 Å². The van der Waals surface area contributed by atoms with E-state index in [4.69, 9.17) is 17.0 Å². The number of likely N-dealkylation sites (N-methyl/N-ethyl adjacent to an activating group) is 1. The van der Waals surface area contributed by atoms with Crippen LogP contribution in [0.5, 0.6) is 0 Å². The quantitative estimate of drug-likeness (QED) is 0.569. The maximum absolute atomic E-state index is 12.5. The number of nitrogens with one attached hydrogen (secondary N) is 1. The molecule has 1 aromatic heterocycles. The largest absolute Gasteiger partial charge is 0.462 e. The van der Waals surface area contributed by atoms with E-state index in [1.807, 2.05) is 31.2 Å². The van der Waals surface area contributed by atoms with Gasteiger partial charge in [0.1, 0.15) is 5.00 Å². The zero-order chi connectivity index (χ0) is 19.9. The van der Waals surface area contributed by atoms with Crippen LogP contribution in [0.1, 0.15) is 34.6 Å². The molecule has 7 heteroatoms. The van der Waals surface area contributed by atoms with Gasteiger partial charge in [-0.1, -0.05) is 37.3 Å². The minimum atomic E-state index is -0.306. The Labute approximate surface area is 176 Å². The summed E-state index contributed by atoms with van der Waals surface area (Å²) in [7, 11) is 0. The van der Waals surface area contributed by atoms with Gasteiger partial charge in [0.05, 0.1) is 12.2 Å². The van der Waals surface area contributed by atoms with Crippen LogP contribution in [-0.2, 0) is 11.2 Å². The van der Waals surface area contributed by atoms with Gasteiger partial charge in [-0.2, -0.15) is 0 Å². The van der Waals surface area contributed by atoms with E-state index in [1.54, 1.807) is 11.3 Å². The lowest BCUT2D eigenvalue weighted by atomic mass is 10.1. The number of benzene rings is 1. The molecule has 3 rings (SSSR count). The first kappa shape index (κ1) is 20.8. The summed E-state index contributed by atoms with van der Waals surface area (Å²) in [4.78, 5) is 18.1. The van der Waals surface area contributed by atoms with Gasteiger partial charge < -0.3 is 19.9 Å². The maximum Gasteiger partial charge on any atom is 0.341 e. The molecule has 1 aliphatic heterocycles. The summed E-state index contributed by atoms with van der Waals surface area (Å²) >= 11 is 7.20. The van der Waals surface area contributed by atoms with E-state index < -0.39 is 0 Å². The fourth-order valence-electron chi connectivity index (χ4n) is 3.22. The van der Waals surface area contributed by atoms with E-state index in [9.17, 15) is 4.79 Å². The van der Waals surface area contributed by atoms with E-state index in [0.29, 0.717) is 17.3 Å². The van der Waals surface area contributed by atoms with Gasteiger partial charge in [-0.25, -0.2) is 4.79 Å². The Morgan fingerprint density at radius 2 is 1.89 bits per heavy atom. The Kier molecular flexibility index (Phi) is 7.42. The van der Waals surface area contributed by atoms with Crippen LogP contribution in [0.3, 0.4) is 0 Å². The third kappa shape index (κ3) is 5.31. The molecule has 0 amide bonds. The van der Waals surface area contributed by atoms with Crippen molar-refractivity contribution in [2.24, 2.45) is 0 Å². The van der Waals surface area contributed by atoms with Crippen LogP contribution in [0.2, 0.25) is 0 Å². The maximum atomic E-state index is 12.5. The van der Waals surface area contributed by atoms with Crippen LogP contribution in [-0.4, -0.2) is 60.2 Å². The van der Waals surface area contributed by atoms with Crippen LogP contribution >= 0.6 is 23.6 Å². The van der Waals surface area contributed by atoms with Gasteiger partial charge >= 0.3 is 5.97 Å². The molecule has 1 N–H and O–H groups in total. The van der Waals surface area contributed by atoms with Crippen molar-refractivity contribution in [2.75, 3.05) is 44.6 Å². The average molecular weight is 418 g/mol. The zero-order valence-electron chi connectivity index (χ0n) is 16.4. The molecule has 1 saturated heterocycles. The molecule has 0 aliphatic carbocycles. The molecule has 150 valence electrons. The first-order chi connectivity index (χ1) is 13.6. The lowest BCUT2D eigenvalue weighted by Gasteiger charge is -2.35. The van der Waals surface area contributed by atoms with Gasteiger partial charge in [0, 0.05) is 37.5 Å². The summed E-state index contributed by atoms with van der Waals surface area (Å²) in [6.45, 7) is 9.23. The first-order valence-electron chi connectivity index (χ1n) is 9.72. The molecule has 0 radical (unpaired) electrons. The average Bonchev–Trinajstić information content (AvgIpc) is 3.11. The minimum absolute atomic E-state index is 0.306. The summed E-state index contributed by atoms with van der Waals surface area (Å²) < 4.78 is 5.25. The van der Waals surface area contributed by atoms with Crippen molar-refractivity contribution in [3.8, 4) is 0 Å². The van der Waals surface area contributed by atoms with Crippen molar-refractivity contribution in [3.63, 3.8) is 0 Å². The Bertz CT molecular complexity index is 799. The van der Waals surface area contributed by atoms with Crippen LogP contribution in [0.4, 0.5) is 5.00 Å². The number of nitrogens with zero attached hydrogens (tertiary/aromatic N) is 2. The highest BCUT2D eigenvalue weighted by Gasteiger charge is 2.22. The van der Waals surface area contributed by atoms with Crippen LogP contribution in [0.25, 0.3) is 0 Å². The molecule has 1 fully saturated rings. The highest BCUT2D eigenvalue weighted by Crippen LogP contribution is 2.31. The summed E-state index contributed by atoms with van der Waals surface area (Å²) in [5.74, 6) is -0.306. The van der Waals surface area contributed by atoms with Gasteiger partial charge in [-0.05, 0) is 37.3 Å². The SMILES string of the molecule is CCOC(=O)c1cc(Cc2ccccc2)sc1NC(=S)N1CCN(CC)CC1. The van der Waals surface area contributed by atoms with Gasteiger partial charge in [0.15, 0.2) is 5.11 Å². The number of ether oxygens (including phenoxy) is 1. The number of anilines is 1. The third-order valence-corrected chi connectivity index (χ3v) is 6.24. The lowest BCUT2D eigenvalue weighted by Crippen LogP contribution is -2.49. The molecule has 2 aromatic rings. The second kappa shape index (κ2) is 10.0. The first-order valence-corrected chi connectivity index (χ1v) is 10.9. The molecule has 5 nitrogen and oxygen atoms in total. The molecule has 2 heterocycles. The number of esters is 1. The van der Waals surface area contributed by atoms with E-state index >= 15 is 0 Å². The number of thiocarbonyl (C=S) groups is 1. The van der Waals surface area contributed by atoms with E-state index in [1.165, 1.54) is 5.56 Å². The summed E-state index contributed by atoms with van der Waals surface area (Å²) in [5.41, 5.74) is 1.77. The topological polar surface area (TPSA) is 44.8 Å². The van der Waals surface area contributed by atoms with Crippen LogP contribution in [0.15, 0.2) is 36.4 Å². The molecule has 0 saturated carbocycles. The van der Waals surface area contributed by atoms with E-state index in [2.05, 4.69) is 34.2 Å². The highest BCUT2D eigenvalue weighted by atomic mass is 32.1. The molecule has 1 aliphatic rings. The number of piperazine rings is 1. The van der Waals surface area contributed by atoms with Gasteiger partial charge in [-0.3, -0.25) is 0 Å². The number of carbonyl (C=O) groups is 1. The van der Waals surface area contributed by atoms with Crippen molar-refractivity contribution in [3.05, 3.63) is 52.4 Å². The van der Waals surface area contributed by atoms with Gasteiger partial charge in [0.2, 0.25) is 0 Å². The molecule has 0 unspecified atom stereocenters. The Balaban J connectivity index is 1.74. The molecule has 1 aromatic carbocycles. The second-order valence-electron chi connectivity index (χ2n) is 6.69. The zero-order valence-corrected chi connectivity index (χ0v) is 18.1.